The van der Waals surface area contributed by atoms with Crippen LogP contribution in [0.4, 0.5) is 0 Å². The van der Waals surface area contributed by atoms with Gasteiger partial charge in [0.1, 0.15) is 0 Å². The summed E-state index contributed by atoms with van der Waals surface area (Å²) in [6, 6.07) is 8.37. The van der Waals surface area contributed by atoms with Crippen LogP contribution in [-0.2, 0) is 10.7 Å². The van der Waals surface area contributed by atoms with Gasteiger partial charge in [-0.1, -0.05) is 28.1 Å². The first-order valence-corrected chi connectivity index (χ1v) is 5.47. The lowest BCUT2D eigenvalue weighted by Crippen LogP contribution is -1.96. The average Bonchev–Trinajstić information content (AvgIpc) is 2.09. The Morgan fingerprint density at radius 1 is 1.31 bits per heavy atom. The van der Waals surface area contributed by atoms with E-state index >= 15 is 0 Å². The SMILES string of the molecule is N#CC(c1ccc(Br)cc1)[SH](=O)=O. The van der Waals surface area contributed by atoms with Crippen LogP contribution in [0.1, 0.15) is 10.8 Å². The van der Waals surface area contributed by atoms with Gasteiger partial charge in [-0.2, -0.15) is 5.26 Å². The van der Waals surface area contributed by atoms with E-state index in [1.807, 2.05) is 0 Å². The Morgan fingerprint density at radius 2 is 1.85 bits per heavy atom. The molecular formula is C8H6BrNO2S. The van der Waals surface area contributed by atoms with Gasteiger partial charge in [-0.3, -0.25) is 0 Å². The van der Waals surface area contributed by atoms with Crippen LogP contribution < -0.4 is 0 Å². The molecule has 0 saturated heterocycles. The fourth-order valence-electron chi connectivity index (χ4n) is 0.888. The molecule has 1 aromatic carbocycles. The first-order valence-electron chi connectivity index (χ1n) is 3.43. The number of nitriles is 1. The highest BCUT2D eigenvalue weighted by molar-refractivity contribution is 9.10. The van der Waals surface area contributed by atoms with Crippen LogP contribution in [0.2, 0.25) is 0 Å². The summed E-state index contributed by atoms with van der Waals surface area (Å²) in [4.78, 5) is 0. The summed E-state index contributed by atoms with van der Waals surface area (Å²) in [5, 5.41) is 7.53. The van der Waals surface area contributed by atoms with Crippen LogP contribution in [0.25, 0.3) is 0 Å². The minimum absolute atomic E-state index is 0.502. The van der Waals surface area contributed by atoms with Gasteiger partial charge in [0.2, 0.25) is 0 Å². The van der Waals surface area contributed by atoms with E-state index in [0.29, 0.717) is 5.56 Å². The fraction of sp³-hybridized carbons (Fsp3) is 0.125. The smallest absolute Gasteiger partial charge is 0.170 e. The second kappa shape index (κ2) is 4.40. The Bertz CT molecular complexity index is 397. The molecule has 0 fully saturated rings. The van der Waals surface area contributed by atoms with Crippen LogP contribution in [-0.4, -0.2) is 8.42 Å². The van der Waals surface area contributed by atoms with Crippen LogP contribution in [0.5, 0.6) is 0 Å². The van der Waals surface area contributed by atoms with Crippen molar-refractivity contribution in [2.45, 2.75) is 5.25 Å². The number of benzene rings is 1. The molecule has 0 saturated carbocycles. The van der Waals surface area contributed by atoms with Crippen LogP contribution in [0.15, 0.2) is 28.7 Å². The zero-order valence-electron chi connectivity index (χ0n) is 6.48. The summed E-state index contributed by atoms with van der Waals surface area (Å²) in [6.45, 7) is 0. The Hall–Kier alpha value is -0.860. The van der Waals surface area contributed by atoms with Gasteiger partial charge in [0, 0.05) is 4.47 Å². The molecule has 1 unspecified atom stereocenters. The predicted octanol–water partition coefficient (Wildman–Crippen LogP) is 1.63. The minimum Gasteiger partial charge on any atom is -0.230 e. The van der Waals surface area contributed by atoms with Gasteiger partial charge >= 0.3 is 0 Å². The predicted molar refractivity (Wildman–Crippen MR) is 52.8 cm³/mol. The van der Waals surface area contributed by atoms with E-state index in [1.54, 1.807) is 30.3 Å². The Labute approximate surface area is 86.1 Å². The maximum atomic E-state index is 10.6. The fourth-order valence-corrected chi connectivity index (χ4v) is 1.66. The molecular weight excluding hydrogens is 254 g/mol. The maximum Gasteiger partial charge on any atom is 0.170 e. The second-order valence-corrected chi connectivity index (χ2v) is 4.37. The van der Waals surface area contributed by atoms with Crippen molar-refractivity contribution in [3.63, 3.8) is 0 Å². The number of thiol groups is 1. The van der Waals surface area contributed by atoms with Crippen molar-refractivity contribution in [1.29, 1.82) is 5.26 Å². The third kappa shape index (κ3) is 2.54. The molecule has 0 aliphatic carbocycles. The van der Waals surface area contributed by atoms with Crippen LogP contribution in [0, 0.1) is 11.3 Å². The molecule has 0 N–H and O–H groups in total. The summed E-state index contributed by atoms with van der Waals surface area (Å²) < 4.78 is 22.1. The van der Waals surface area contributed by atoms with Gasteiger partial charge in [-0.05, 0) is 17.7 Å². The van der Waals surface area contributed by atoms with Crippen molar-refractivity contribution in [2.24, 2.45) is 0 Å². The minimum atomic E-state index is -2.73. The third-order valence-electron chi connectivity index (χ3n) is 1.52. The average molecular weight is 260 g/mol. The van der Waals surface area contributed by atoms with Crippen molar-refractivity contribution in [3.8, 4) is 6.07 Å². The van der Waals surface area contributed by atoms with E-state index in [1.165, 1.54) is 0 Å². The van der Waals surface area contributed by atoms with Crippen LogP contribution >= 0.6 is 15.9 Å². The standard InChI is InChI=1S/C8H6BrNO2S/c9-7-3-1-6(2-4-7)8(5-10)13(11)12/h1-4,8,13H. The molecule has 5 heteroatoms. The Balaban J connectivity index is 3.08. The summed E-state index contributed by atoms with van der Waals surface area (Å²) in [7, 11) is -2.73. The molecule has 0 aromatic heterocycles. The van der Waals surface area contributed by atoms with Crippen molar-refractivity contribution in [1.82, 2.24) is 0 Å². The first kappa shape index (κ1) is 10.2. The second-order valence-electron chi connectivity index (χ2n) is 2.37. The lowest BCUT2D eigenvalue weighted by atomic mass is 10.2. The summed E-state index contributed by atoms with van der Waals surface area (Å²) >= 11 is 3.22. The molecule has 0 aliphatic heterocycles. The summed E-state index contributed by atoms with van der Waals surface area (Å²) in [6.07, 6.45) is 0. The Morgan fingerprint density at radius 3 is 2.23 bits per heavy atom. The van der Waals surface area contributed by atoms with Gasteiger partial charge in [-0.15, -0.1) is 0 Å². The maximum absolute atomic E-state index is 10.6. The van der Waals surface area contributed by atoms with Crippen molar-refractivity contribution in [2.75, 3.05) is 0 Å². The zero-order chi connectivity index (χ0) is 9.84. The van der Waals surface area contributed by atoms with E-state index in [9.17, 15) is 8.42 Å². The number of rotatable bonds is 2. The van der Waals surface area contributed by atoms with E-state index < -0.39 is 16.0 Å². The summed E-state index contributed by atoms with van der Waals surface area (Å²) in [5.41, 5.74) is 0.502. The largest absolute Gasteiger partial charge is 0.230 e. The number of nitrogens with zero attached hydrogens (tertiary/aromatic N) is 1. The molecule has 68 valence electrons. The van der Waals surface area contributed by atoms with E-state index in [4.69, 9.17) is 5.26 Å². The van der Waals surface area contributed by atoms with E-state index in [0.717, 1.165) is 4.47 Å². The van der Waals surface area contributed by atoms with Crippen molar-refractivity contribution >= 4 is 26.6 Å². The Kier molecular flexibility index (Phi) is 3.46. The first-order chi connectivity index (χ1) is 6.15. The zero-order valence-corrected chi connectivity index (χ0v) is 8.96. The number of hydrogen-bond acceptors (Lipinski definition) is 3. The quantitative estimate of drug-likeness (QED) is 0.822. The molecule has 0 amide bonds. The highest BCUT2D eigenvalue weighted by Gasteiger charge is 2.12. The molecule has 0 spiro atoms. The highest BCUT2D eigenvalue weighted by Crippen LogP contribution is 2.18. The van der Waals surface area contributed by atoms with Gasteiger partial charge < -0.3 is 0 Å². The topological polar surface area (TPSA) is 57.9 Å². The van der Waals surface area contributed by atoms with Gasteiger partial charge in [0.15, 0.2) is 16.0 Å². The molecule has 3 nitrogen and oxygen atoms in total. The molecule has 1 aromatic rings. The van der Waals surface area contributed by atoms with Gasteiger partial charge in [0.05, 0.1) is 6.07 Å². The van der Waals surface area contributed by atoms with E-state index in [2.05, 4.69) is 15.9 Å². The number of halogens is 1. The monoisotopic (exact) mass is 259 g/mol. The molecule has 0 radical (unpaired) electrons. The molecule has 1 rings (SSSR count). The molecule has 0 aliphatic rings. The van der Waals surface area contributed by atoms with Crippen molar-refractivity contribution < 1.29 is 8.42 Å². The van der Waals surface area contributed by atoms with E-state index in [-0.39, 0.29) is 0 Å². The lowest BCUT2D eigenvalue weighted by molar-refractivity contribution is 0.610. The molecule has 0 bridgehead atoms. The van der Waals surface area contributed by atoms with Crippen LogP contribution in [0.3, 0.4) is 0 Å². The summed E-state index contributed by atoms with van der Waals surface area (Å²) in [5.74, 6) is 0. The van der Waals surface area contributed by atoms with Gasteiger partial charge in [-0.25, -0.2) is 8.42 Å². The lowest BCUT2D eigenvalue weighted by Gasteiger charge is -2.00. The van der Waals surface area contributed by atoms with Gasteiger partial charge in [0.25, 0.3) is 0 Å². The third-order valence-corrected chi connectivity index (χ3v) is 2.88. The highest BCUT2D eigenvalue weighted by atomic mass is 79.9. The normalized spacial score (nSPS) is 12.4. The molecule has 13 heavy (non-hydrogen) atoms. The molecule has 1 atom stereocenters. The molecule has 0 heterocycles. The number of hydrogen-bond donors (Lipinski definition) is 1. The van der Waals surface area contributed by atoms with Crippen molar-refractivity contribution in [3.05, 3.63) is 34.3 Å².